The minimum atomic E-state index is 0.0185. The Labute approximate surface area is 205 Å². The van der Waals surface area contributed by atoms with Crippen LogP contribution in [0.3, 0.4) is 0 Å². The van der Waals surface area contributed by atoms with Crippen molar-refractivity contribution in [3.63, 3.8) is 0 Å². The van der Waals surface area contributed by atoms with Crippen LogP contribution in [0.5, 0.6) is 5.75 Å². The average molecular weight is 493 g/mol. The average Bonchev–Trinajstić information content (AvgIpc) is 3.50. The van der Waals surface area contributed by atoms with Crippen LogP contribution in [0.15, 0.2) is 66.7 Å². The number of hydrogen-bond donors (Lipinski definition) is 1. The molecule has 3 aromatic carbocycles. The molecule has 8 heteroatoms. The van der Waals surface area contributed by atoms with Crippen molar-refractivity contribution < 1.29 is 19.3 Å². The van der Waals surface area contributed by atoms with Gasteiger partial charge in [-0.25, -0.2) is 9.97 Å². The first-order valence-electron chi connectivity index (χ1n) is 11.1. The van der Waals surface area contributed by atoms with Crippen molar-refractivity contribution in [3.8, 4) is 26.9 Å². The number of aromatic nitrogens is 2. The third kappa shape index (κ3) is 5.27. The topological polar surface area (TPSA) is 73.7 Å². The third-order valence-electron chi connectivity index (χ3n) is 5.14. The van der Waals surface area contributed by atoms with Gasteiger partial charge < -0.3 is 19.3 Å². The van der Waals surface area contributed by atoms with Crippen LogP contribution in [-0.4, -0.2) is 54.7 Å². The van der Waals surface area contributed by atoms with Crippen molar-refractivity contribution in [1.82, 2.24) is 9.97 Å². The fourth-order valence-corrected chi connectivity index (χ4v) is 5.48. The highest BCUT2D eigenvalue weighted by Crippen LogP contribution is 2.39. The lowest BCUT2D eigenvalue weighted by molar-refractivity contribution is 0.0247. The molecule has 174 valence electrons. The molecule has 0 fully saturated rings. The standard InChI is InChI=1S/C26H24N2O4S2/c29-11-12-30-13-14-31-15-16-32-22-10-9-18(25-27-20-5-1-3-7-23(20)33-25)17-19(22)26-28-21-6-2-4-8-24(21)34-26/h1-10,17,29H,11-16H2. The molecule has 0 saturated heterocycles. The Morgan fingerprint density at radius 3 is 2.00 bits per heavy atom. The lowest BCUT2D eigenvalue weighted by atomic mass is 10.1. The zero-order valence-electron chi connectivity index (χ0n) is 18.5. The Balaban J connectivity index is 1.39. The summed E-state index contributed by atoms with van der Waals surface area (Å²) >= 11 is 3.33. The van der Waals surface area contributed by atoms with Gasteiger partial charge in [-0.05, 0) is 42.5 Å². The smallest absolute Gasteiger partial charge is 0.129 e. The summed E-state index contributed by atoms with van der Waals surface area (Å²) in [6.45, 7) is 2.12. The van der Waals surface area contributed by atoms with Gasteiger partial charge in [0.15, 0.2) is 0 Å². The second-order valence-corrected chi connectivity index (χ2v) is 9.54. The zero-order valence-corrected chi connectivity index (χ0v) is 20.1. The minimum Gasteiger partial charge on any atom is -0.490 e. The summed E-state index contributed by atoms with van der Waals surface area (Å²) in [5, 5.41) is 10.6. The molecule has 5 aromatic rings. The largest absolute Gasteiger partial charge is 0.490 e. The molecule has 5 rings (SSSR count). The Bertz CT molecular complexity index is 1320. The lowest BCUT2D eigenvalue weighted by Gasteiger charge is -2.12. The Morgan fingerprint density at radius 2 is 1.29 bits per heavy atom. The first-order chi connectivity index (χ1) is 16.8. The predicted octanol–water partition coefficient (Wildman–Crippen LogP) is 5.64. The zero-order chi connectivity index (χ0) is 23.2. The highest BCUT2D eigenvalue weighted by molar-refractivity contribution is 7.22. The van der Waals surface area contributed by atoms with Crippen molar-refractivity contribution in [3.05, 3.63) is 66.7 Å². The van der Waals surface area contributed by atoms with E-state index in [0.29, 0.717) is 33.0 Å². The molecule has 0 bridgehead atoms. The maximum Gasteiger partial charge on any atom is 0.129 e. The van der Waals surface area contributed by atoms with Gasteiger partial charge in [0.25, 0.3) is 0 Å². The number of thiazole rings is 2. The van der Waals surface area contributed by atoms with Crippen LogP contribution < -0.4 is 4.74 Å². The van der Waals surface area contributed by atoms with Gasteiger partial charge in [0.2, 0.25) is 0 Å². The fraction of sp³-hybridized carbons (Fsp3) is 0.231. The van der Waals surface area contributed by atoms with Crippen molar-refractivity contribution in [2.75, 3.05) is 39.6 Å². The fourth-order valence-electron chi connectivity index (χ4n) is 3.54. The van der Waals surface area contributed by atoms with E-state index in [1.807, 2.05) is 48.5 Å². The van der Waals surface area contributed by atoms with Gasteiger partial charge >= 0.3 is 0 Å². The van der Waals surface area contributed by atoms with Crippen molar-refractivity contribution in [2.45, 2.75) is 0 Å². The van der Waals surface area contributed by atoms with E-state index in [2.05, 4.69) is 18.2 Å². The van der Waals surface area contributed by atoms with Gasteiger partial charge in [-0.2, -0.15) is 0 Å². The Morgan fingerprint density at radius 1 is 0.676 bits per heavy atom. The molecule has 0 saturated carbocycles. The number of aliphatic hydroxyl groups is 1. The van der Waals surface area contributed by atoms with Gasteiger partial charge in [0.1, 0.15) is 22.4 Å². The first-order valence-corrected chi connectivity index (χ1v) is 12.7. The second-order valence-electron chi connectivity index (χ2n) is 7.48. The van der Waals surface area contributed by atoms with Crippen molar-refractivity contribution >= 4 is 43.1 Å². The Kier molecular flexibility index (Phi) is 7.43. The molecular formula is C26H24N2O4S2. The van der Waals surface area contributed by atoms with Gasteiger partial charge in [-0.3, -0.25) is 0 Å². The number of hydrogen-bond acceptors (Lipinski definition) is 8. The van der Waals surface area contributed by atoms with E-state index in [0.717, 1.165) is 42.6 Å². The van der Waals surface area contributed by atoms with Crippen molar-refractivity contribution in [1.29, 1.82) is 0 Å². The SMILES string of the molecule is OCCOCCOCCOc1ccc(-c2nc3ccccc3s2)cc1-c1nc2ccccc2s1. The normalized spacial score (nSPS) is 11.4. The van der Waals surface area contributed by atoms with Crippen LogP contribution in [0.25, 0.3) is 41.6 Å². The molecule has 0 unspecified atom stereocenters. The summed E-state index contributed by atoms with van der Waals surface area (Å²) < 4.78 is 19.2. The van der Waals surface area contributed by atoms with Crippen LogP contribution in [0.4, 0.5) is 0 Å². The number of aliphatic hydroxyl groups excluding tert-OH is 1. The molecule has 0 amide bonds. The summed E-state index contributed by atoms with van der Waals surface area (Å²) in [6.07, 6.45) is 0. The molecule has 6 nitrogen and oxygen atoms in total. The highest BCUT2D eigenvalue weighted by atomic mass is 32.1. The van der Waals surface area contributed by atoms with E-state index in [1.54, 1.807) is 22.7 Å². The van der Waals surface area contributed by atoms with E-state index in [4.69, 9.17) is 29.3 Å². The maximum atomic E-state index is 8.74. The summed E-state index contributed by atoms with van der Waals surface area (Å²) in [5.74, 6) is 0.768. The monoisotopic (exact) mass is 492 g/mol. The van der Waals surface area contributed by atoms with Gasteiger partial charge in [0.05, 0.1) is 59.0 Å². The van der Waals surface area contributed by atoms with E-state index in [1.165, 1.54) is 4.70 Å². The quantitative estimate of drug-likeness (QED) is 0.240. The molecule has 0 atom stereocenters. The lowest BCUT2D eigenvalue weighted by Crippen LogP contribution is -2.12. The van der Waals surface area contributed by atoms with Gasteiger partial charge in [0, 0.05) is 5.56 Å². The van der Waals surface area contributed by atoms with Crippen LogP contribution in [-0.2, 0) is 9.47 Å². The molecule has 0 aliphatic carbocycles. The van der Waals surface area contributed by atoms with Gasteiger partial charge in [-0.15, -0.1) is 22.7 Å². The van der Waals surface area contributed by atoms with Crippen LogP contribution in [0.2, 0.25) is 0 Å². The number of ether oxygens (including phenoxy) is 3. The van der Waals surface area contributed by atoms with Crippen molar-refractivity contribution in [2.24, 2.45) is 0 Å². The molecule has 0 spiro atoms. The molecule has 0 radical (unpaired) electrons. The van der Waals surface area contributed by atoms with E-state index in [9.17, 15) is 0 Å². The minimum absolute atomic E-state index is 0.0185. The molecule has 0 aliphatic rings. The maximum absolute atomic E-state index is 8.74. The van der Waals surface area contributed by atoms with Crippen LogP contribution in [0, 0.1) is 0 Å². The number of benzene rings is 3. The molecular weight excluding hydrogens is 468 g/mol. The second kappa shape index (κ2) is 11.0. The van der Waals surface area contributed by atoms with Crippen LogP contribution in [0.1, 0.15) is 0 Å². The third-order valence-corrected chi connectivity index (χ3v) is 7.29. The summed E-state index contributed by atoms with van der Waals surface area (Å²) in [6, 6.07) is 22.5. The molecule has 0 aliphatic heterocycles. The summed E-state index contributed by atoms with van der Waals surface area (Å²) in [7, 11) is 0. The van der Waals surface area contributed by atoms with Gasteiger partial charge in [-0.1, -0.05) is 24.3 Å². The van der Waals surface area contributed by atoms with E-state index in [-0.39, 0.29) is 6.61 Å². The molecule has 2 heterocycles. The molecule has 34 heavy (non-hydrogen) atoms. The first kappa shape index (κ1) is 22.9. The number of nitrogens with zero attached hydrogens (tertiary/aromatic N) is 2. The molecule has 2 aromatic heterocycles. The Hall–Kier alpha value is -2.88. The number of fused-ring (bicyclic) bond motifs is 2. The summed E-state index contributed by atoms with van der Waals surface area (Å²) in [5.41, 5.74) is 3.97. The highest BCUT2D eigenvalue weighted by Gasteiger charge is 2.15. The van der Waals surface area contributed by atoms with E-state index >= 15 is 0 Å². The molecule has 1 N–H and O–H groups in total. The van der Waals surface area contributed by atoms with Crippen LogP contribution >= 0.6 is 22.7 Å². The predicted molar refractivity (Wildman–Crippen MR) is 138 cm³/mol. The summed E-state index contributed by atoms with van der Waals surface area (Å²) in [4.78, 5) is 9.68. The van der Waals surface area contributed by atoms with E-state index < -0.39 is 0 Å². The number of para-hydroxylation sites is 2. The number of rotatable bonds is 11.